The summed E-state index contributed by atoms with van der Waals surface area (Å²) in [6, 6.07) is 11.2. The zero-order valence-corrected chi connectivity index (χ0v) is 12.6. The van der Waals surface area contributed by atoms with Gasteiger partial charge in [0.05, 0.1) is 16.9 Å². The van der Waals surface area contributed by atoms with Crippen molar-refractivity contribution in [2.45, 2.75) is 24.9 Å². The van der Waals surface area contributed by atoms with Crippen LogP contribution >= 0.6 is 11.8 Å². The van der Waals surface area contributed by atoms with Gasteiger partial charge in [-0.05, 0) is 31.5 Å². The number of nitriles is 1. The van der Waals surface area contributed by atoms with E-state index in [1.165, 1.54) is 11.8 Å². The molecule has 1 amide bonds. The van der Waals surface area contributed by atoms with Gasteiger partial charge in [-0.25, -0.2) is 0 Å². The summed E-state index contributed by atoms with van der Waals surface area (Å²) in [4.78, 5) is 12.0. The second-order valence-electron chi connectivity index (χ2n) is 4.58. The zero-order valence-electron chi connectivity index (χ0n) is 11.8. The SMILES string of the molecule is Cc1cc(NC(=O)[C@H](C)SCc2cccc(C#N)c2)no1. The number of amides is 1. The standard InChI is InChI=1S/C15H15N3O2S/c1-10-6-14(18-20-10)17-15(19)11(2)21-9-13-5-3-4-12(7-13)8-16/h3-7,11H,9H2,1-2H3,(H,17,18,19)/t11-/m0/s1. The molecule has 0 spiro atoms. The summed E-state index contributed by atoms with van der Waals surface area (Å²) in [5.74, 6) is 1.63. The first-order chi connectivity index (χ1) is 10.1. The fourth-order valence-corrected chi connectivity index (χ4v) is 2.51. The van der Waals surface area contributed by atoms with E-state index in [0.29, 0.717) is 22.9 Å². The van der Waals surface area contributed by atoms with Gasteiger partial charge in [0.2, 0.25) is 5.91 Å². The van der Waals surface area contributed by atoms with E-state index in [1.54, 1.807) is 19.1 Å². The highest BCUT2D eigenvalue weighted by atomic mass is 32.2. The highest BCUT2D eigenvalue weighted by Gasteiger charge is 2.15. The van der Waals surface area contributed by atoms with Gasteiger partial charge in [-0.15, -0.1) is 11.8 Å². The fraction of sp³-hybridized carbons (Fsp3) is 0.267. The zero-order chi connectivity index (χ0) is 15.2. The van der Waals surface area contributed by atoms with Crippen LogP contribution in [0.15, 0.2) is 34.9 Å². The number of hydrogen-bond donors (Lipinski definition) is 1. The first-order valence-corrected chi connectivity index (χ1v) is 7.48. The van der Waals surface area contributed by atoms with E-state index in [1.807, 2.05) is 25.1 Å². The Balaban J connectivity index is 1.87. The Kier molecular flexibility index (Phi) is 5.01. The molecule has 0 unspecified atom stereocenters. The third kappa shape index (κ3) is 4.36. The summed E-state index contributed by atoms with van der Waals surface area (Å²) in [6.45, 7) is 3.60. The Labute approximate surface area is 127 Å². The third-order valence-corrected chi connectivity index (χ3v) is 4.02. The molecule has 0 aliphatic carbocycles. The molecule has 21 heavy (non-hydrogen) atoms. The van der Waals surface area contributed by atoms with E-state index >= 15 is 0 Å². The third-order valence-electron chi connectivity index (χ3n) is 2.80. The quantitative estimate of drug-likeness (QED) is 0.918. The summed E-state index contributed by atoms with van der Waals surface area (Å²) in [7, 11) is 0. The first-order valence-electron chi connectivity index (χ1n) is 6.43. The second kappa shape index (κ2) is 6.95. The lowest BCUT2D eigenvalue weighted by atomic mass is 10.2. The number of rotatable bonds is 5. The molecule has 0 saturated carbocycles. The van der Waals surface area contributed by atoms with E-state index in [4.69, 9.17) is 9.78 Å². The van der Waals surface area contributed by atoms with E-state index in [9.17, 15) is 4.79 Å². The smallest absolute Gasteiger partial charge is 0.238 e. The largest absolute Gasteiger partial charge is 0.360 e. The molecule has 108 valence electrons. The molecule has 2 aromatic rings. The number of anilines is 1. The molecule has 0 saturated heterocycles. The maximum atomic E-state index is 12.0. The van der Waals surface area contributed by atoms with Crippen LogP contribution in [0.5, 0.6) is 0 Å². The Hall–Kier alpha value is -2.26. The van der Waals surface area contributed by atoms with E-state index < -0.39 is 0 Å². The Morgan fingerprint density at radius 3 is 3.00 bits per heavy atom. The lowest BCUT2D eigenvalue weighted by Gasteiger charge is -2.10. The predicted octanol–water partition coefficient (Wildman–Crippen LogP) is 3.12. The normalized spacial score (nSPS) is 11.7. The molecule has 1 atom stereocenters. The van der Waals surface area contributed by atoms with Gasteiger partial charge in [-0.2, -0.15) is 5.26 Å². The second-order valence-corrected chi connectivity index (χ2v) is 5.91. The molecule has 5 nitrogen and oxygen atoms in total. The lowest BCUT2D eigenvalue weighted by molar-refractivity contribution is -0.115. The summed E-state index contributed by atoms with van der Waals surface area (Å²) in [6.07, 6.45) is 0. The van der Waals surface area contributed by atoms with Crippen LogP contribution in [0.2, 0.25) is 0 Å². The van der Waals surface area contributed by atoms with Crippen molar-refractivity contribution in [3.05, 3.63) is 47.2 Å². The van der Waals surface area contributed by atoms with Crippen LogP contribution in [0.25, 0.3) is 0 Å². The van der Waals surface area contributed by atoms with Gasteiger partial charge in [0.25, 0.3) is 0 Å². The summed E-state index contributed by atoms with van der Waals surface area (Å²) >= 11 is 1.50. The molecule has 6 heteroatoms. The van der Waals surface area contributed by atoms with Crippen molar-refractivity contribution in [3.8, 4) is 6.07 Å². The average molecular weight is 301 g/mol. The van der Waals surface area contributed by atoms with Crippen LogP contribution in [0.1, 0.15) is 23.8 Å². The van der Waals surface area contributed by atoms with Crippen molar-refractivity contribution in [3.63, 3.8) is 0 Å². The van der Waals surface area contributed by atoms with Gasteiger partial charge in [-0.1, -0.05) is 17.3 Å². The van der Waals surface area contributed by atoms with E-state index in [-0.39, 0.29) is 11.2 Å². The minimum absolute atomic E-state index is 0.121. The molecule has 0 fully saturated rings. The van der Waals surface area contributed by atoms with Gasteiger partial charge in [0, 0.05) is 11.8 Å². The molecule has 1 aromatic heterocycles. The number of nitrogens with one attached hydrogen (secondary N) is 1. The molecule has 0 radical (unpaired) electrons. The van der Waals surface area contributed by atoms with Crippen molar-refractivity contribution in [2.24, 2.45) is 0 Å². The predicted molar refractivity (Wildman–Crippen MR) is 81.8 cm³/mol. The van der Waals surface area contributed by atoms with Crippen molar-refractivity contribution >= 4 is 23.5 Å². The Morgan fingerprint density at radius 2 is 2.33 bits per heavy atom. The van der Waals surface area contributed by atoms with Crippen molar-refractivity contribution in [1.82, 2.24) is 5.16 Å². The monoisotopic (exact) mass is 301 g/mol. The van der Waals surface area contributed by atoms with Gasteiger partial charge in [0.15, 0.2) is 5.82 Å². The molecule has 1 heterocycles. The molecule has 2 rings (SSSR count). The van der Waals surface area contributed by atoms with Crippen LogP contribution < -0.4 is 5.32 Å². The molecule has 0 aliphatic rings. The highest BCUT2D eigenvalue weighted by Crippen LogP contribution is 2.20. The van der Waals surface area contributed by atoms with Crippen LogP contribution in [0.4, 0.5) is 5.82 Å². The van der Waals surface area contributed by atoms with Crippen molar-refractivity contribution in [2.75, 3.05) is 5.32 Å². The van der Waals surface area contributed by atoms with Crippen molar-refractivity contribution in [1.29, 1.82) is 5.26 Å². The molecule has 1 aromatic carbocycles. The molecule has 0 aliphatic heterocycles. The number of carbonyl (C=O) groups is 1. The lowest BCUT2D eigenvalue weighted by Crippen LogP contribution is -2.22. The van der Waals surface area contributed by atoms with Crippen LogP contribution in [0, 0.1) is 18.3 Å². The number of carbonyl (C=O) groups excluding carboxylic acids is 1. The Morgan fingerprint density at radius 1 is 1.52 bits per heavy atom. The number of aryl methyl sites for hydroxylation is 1. The number of nitrogens with zero attached hydrogens (tertiary/aromatic N) is 2. The summed E-state index contributed by atoms with van der Waals surface area (Å²) in [5.41, 5.74) is 1.65. The molecule has 0 bridgehead atoms. The van der Waals surface area contributed by atoms with E-state index in [0.717, 1.165) is 5.56 Å². The topological polar surface area (TPSA) is 78.9 Å². The summed E-state index contributed by atoms with van der Waals surface area (Å²) < 4.78 is 4.90. The van der Waals surface area contributed by atoms with E-state index in [2.05, 4.69) is 16.5 Å². The molecular weight excluding hydrogens is 286 g/mol. The molecule has 1 N–H and O–H groups in total. The van der Waals surface area contributed by atoms with Gasteiger partial charge in [-0.3, -0.25) is 4.79 Å². The highest BCUT2D eigenvalue weighted by molar-refractivity contribution is 7.99. The van der Waals surface area contributed by atoms with Gasteiger partial charge >= 0.3 is 0 Å². The maximum absolute atomic E-state index is 12.0. The maximum Gasteiger partial charge on any atom is 0.238 e. The van der Waals surface area contributed by atoms with Gasteiger partial charge in [0.1, 0.15) is 5.76 Å². The minimum atomic E-state index is -0.229. The van der Waals surface area contributed by atoms with Crippen LogP contribution in [0.3, 0.4) is 0 Å². The fourth-order valence-electron chi connectivity index (χ4n) is 1.68. The number of hydrogen-bond acceptors (Lipinski definition) is 5. The number of benzene rings is 1. The minimum Gasteiger partial charge on any atom is -0.360 e. The average Bonchev–Trinajstić information content (AvgIpc) is 2.90. The number of thioether (sulfide) groups is 1. The first kappa shape index (κ1) is 15.1. The molecular formula is C15H15N3O2S. The summed E-state index contributed by atoms with van der Waals surface area (Å²) in [5, 5.41) is 15.1. The van der Waals surface area contributed by atoms with Gasteiger partial charge < -0.3 is 9.84 Å². The Bertz CT molecular complexity index is 676. The number of aromatic nitrogens is 1. The van der Waals surface area contributed by atoms with Crippen LogP contribution in [-0.4, -0.2) is 16.3 Å². The van der Waals surface area contributed by atoms with Crippen molar-refractivity contribution < 1.29 is 9.32 Å². The van der Waals surface area contributed by atoms with Crippen LogP contribution in [-0.2, 0) is 10.5 Å².